The molecule has 0 N–H and O–H groups in total. The molecule has 2 aromatic carbocycles. The van der Waals surface area contributed by atoms with Crippen LogP contribution >= 0.6 is 22.6 Å². The second kappa shape index (κ2) is 7.98. The van der Waals surface area contributed by atoms with Crippen LogP contribution in [0.1, 0.15) is 32.3 Å². The maximum atomic E-state index is 11.9. The monoisotopic (exact) mass is 483 g/mol. The smallest absolute Gasteiger partial charge is 0.178 e. The van der Waals surface area contributed by atoms with E-state index >= 15 is 0 Å². The van der Waals surface area contributed by atoms with Gasteiger partial charge in [0.2, 0.25) is 0 Å². The molecule has 1 saturated heterocycles. The van der Waals surface area contributed by atoms with E-state index in [1.807, 2.05) is 12.1 Å². The van der Waals surface area contributed by atoms with Gasteiger partial charge in [0.25, 0.3) is 0 Å². The van der Waals surface area contributed by atoms with E-state index in [0.29, 0.717) is 8.44 Å². The van der Waals surface area contributed by atoms with Crippen LogP contribution in [0.25, 0.3) is 11.1 Å². The van der Waals surface area contributed by atoms with Gasteiger partial charge < -0.3 is 0 Å². The summed E-state index contributed by atoms with van der Waals surface area (Å²) in [4.78, 5) is 2.97. The minimum atomic E-state index is -3.13. The van der Waals surface area contributed by atoms with E-state index in [4.69, 9.17) is 0 Å². The molecule has 1 heterocycles. The van der Waals surface area contributed by atoms with Crippen molar-refractivity contribution in [3.63, 3.8) is 0 Å². The molecular weight excluding hydrogens is 457 g/mol. The lowest BCUT2D eigenvalue weighted by Gasteiger charge is -2.29. The summed E-state index contributed by atoms with van der Waals surface area (Å²) in [5.41, 5.74) is 3.51. The first-order valence-corrected chi connectivity index (χ1v) is 11.9. The lowest BCUT2D eigenvalue weighted by atomic mass is 10.0. The van der Waals surface area contributed by atoms with Crippen LogP contribution in [0.15, 0.2) is 53.4 Å². The molecule has 0 spiro atoms. The number of benzene rings is 2. The van der Waals surface area contributed by atoms with Crippen molar-refractivity contribution in [2.24, 2.45) is 0 Å². The van der Waals surface area contributed by atoms with Gasteiger partial charge in [-0.2, -0.15) is 0 Å². The van der Waals surface area contributed by atoms with E-state index in [1.165, 1.54) is 24.9 Å². The molecule has 1 aliphatic heterocycles. The minimum absolute atomic E-state index is 0.133. The quantitative estimate of drug-likeness (QED) is 0.332. The molecule has 0 saturated carbocycles. The summed E-state index contributed by atoms with van der Waals surface area (Å²) >= 11 is 2.58. The van der Waals surface area contributed by atoms with Gasteiger partial charge in [-0.25, -0.2) is 8.42 Å². The third-order valence-electron chi connectivity index (χ3n) is 5.27. The molecule has 0 amide bonds. The van der Waals surface area contributed by atoms with Gasteiger partial charge in [0.15, 0.2) is 9.84 Å². The van der Waals surface area contributed by atoms with Crippen molar-refractivity contribution in [2.45, 2.75) is 41.6 Å². The highest BCUT2D eigenvalue weighted by Gasteiger charge is 2.32. The summed E-state index contributed by atoms with van der Waals surface area (Å²) in [6, 6.07) is 15.8. The Hall–Kier alpha value is -0.920. The molecule has 5 heteroatoms. The molecule has 0 bridgehead atoms. The molecule has 0 aliphatic carbocycles. The van der Waals surface area contributed by atoms with Gasteiger partial charge in [0, 0.05) is 6.54 Å². The third-order valence-corrected chi connectivity index (χ3v) is 8.24. The van der Waals surface area contributed by atoms with Gasteiger partial charge in [0.1, 0.15) is 0 Å². The topological polar surface area (TPSA) is 37.4 Å². The van der Waals surface area contributed by atoms with Gasteiger partial charge in [-0.3, -0.25) is 4.90 Å². The fourth-order valence-electron chi connectivity index (χ4n) is 3.48. The van der Waals surface area contributed by atoms with E-state index in [9.17, 15) is 8.42 Å². The molecule has 1 atom stereocenters. The molecule has 0 radical (unpaired) electrons. The first kappa shape index (κ1) is 19.8. The molecule has 2 aromatic rings. The average Bonchev–Trinajstić information content (AvgIpc) is 2.99. The highest BCUT2D eigenvalue weighted by atomic mass is 127. The van der Waals surface area contributed by atoms with Crippen LogP contribution in [-0.4, -0.2) is 35.7 Å². The standard InChI is InChI=1S/C21H26INO2S/c1-3-26(24,25)20-11-9-19(10-12-20)18-7-5-17(6-8-18)13-16-23-15-4-14-21(23,2)22/h5-12H,3-4,13-16H2,1-2H3. The summed E-state index contributed by atoms with van der Waals surface area (Å²) in [7, 11) is -3.13. The number of hydrogen-bond acceptors (Lipinski definition) is 3. The number of rotatable bonds is 6. The first-order valence-electron chi connectivity index (χ1n) is 9.18. The van der Waals surface area contributed by atoms with Crippen molar-refractivity contribution in [1.29, 1.82) is 0 Å². The van der Waals surface area contributed by atoms with Crippen molar-refractivity contribution in [3.8, 4) is 11.1 Å². The second-order valence-electron chi connectivity index (χ2n) is 7.11. The molecule has 3 rings (SSSR count). The normalized spacial score (nSPS) is 21.2. The number of alkyl halides is 1. The molecule has 140 valence electrons. The van der Waals surface area contributed by atoms with Crippen molar-refractivity contribution in [2.75, 3.05) is 18.8 Å². The van der Waals surface area contributed by atoms with Gasteiger partial charge >= 0.3 is 0 Å². The van der Waals surface area contributed by atoms with E-state index in [1.54, 1.807) is 19.1 Å². The maximum Gasteiger partial charge on any atom is 0.178 e. The molecule has 1 fully saturated rings. The van der Waals surface area contributed by atoms with Crippen molar-refractivity contribution < 1.29 is 8.42 Å². The molecule has 26 heavy (non-hydrogen) atoms. The first-order chi connectivity index (χ1) is 12.3. The zero-order chi connectivity index (χ0) is 18.8. The van der Waals surface area contributed by atoms with E-state index in [2.05, 4.69) is 58.7 Å². The van der Waals surface area contributed by atoms with E-state index in [-0.39, 0.29) is 5.75 Å². The summed E-state index contributed by atoms with van der Waals surface area (Å²) in [6.07, 6.45) is 3.63. The summed E-state index contributed by atoms with van der Waals surface area (Å²) in [5.74, 6) is 0.133. The predicted molar refractivity (Wildman–Crippen MR) is 117 cm³/mol. The van der Waals surface area contributed by atoms with Crippen LogP contribution in [-0.2, 0) is 16.3 Å². The highest BCUT2D eigenvalue weighted by molar-refractivity contribution is 14.1. The highest BCUT2D eigenvalue weighted by Crippen LogP contribution is 2.35. The Balaban J connectivity index is 1.66. The van der Waals surface area contributed by atoms with Crippen LogP contribution in [0.2, 0.25) is 0 Å². The number of hydrogen-bond donors (Lipinski definition) is 0. The number of likely N-dealkylation sites (tertiary alicyclic amines) is 1. The summed E-state index contributed by atoms with van der Waals surface area (Å²) in [5, 5.41) is 0. The molecule has 1 aliphatic rings. The molecule has 0 aromatic heterocycles. The Labute approximate surface area is 170 Å². The van der Waals surface area contributed by atoms with Gasteiger partial charge in [-0.05, 0) is 61.6 Å². The average molecular weight is 483 g/mol. The zero-order valence-electron chi connectivity index (χ0n) is 15.4. The fourth-order valence-corrected chi connectivity index (χ4v) is 5.23. The van der Waals surface area contributed by atoms with Gasteiger partial charge in [-0.1, -0.05) is 65.9 Å². The largest absolute Gasteiger partial charge is 0.289 e. The lowest BCUT2D eigenvalue weighted by molar-refractivity contribution is 0.259. The molecule has 1 unspecified atom stereocenters. The third kappa shape index (κ3) is 4.49. The Morgan fingerprint density at radius 3 is 2.12 bits per heavy atom. The Morgan fingerprint density at radius 2 is 1.62 bits per heavy atom. The van der Waals surface area contributed by atoms with Crippen LogP contribution in [0, 0.1) is 0 Å². The minimum Gasteiger partial charge on any atom is -0.289 e. The molecular formula is C21H26INO2S. The summed E-state index contributed by atoms with van der Waals surface area (Å²) in [6.45, 7) is 6.30. The molecule has 3 nitrogen and oxygen atoms in total. The van der Waals surface area contributed by atoms with Crippen molar-refractivity contribution in [1.82, 2.24) is 4.90 Å². The Bertz CT molecular complexity index is 843. The summed E-state index contributed by atoms with van der Waals surface area (Å²) < 4.78 is 24.1. The van der Waals surface area contributed by atoms with Crippen molar-refractivity contribution in [3.05, 3.63) is 54.1 Å². The maximum absolute atomic E-state index is 11.9. The van der Waals surface area contributed by atoms with Crippen LogP contribution < -0.4 is 0 Å². The Morgan fingerprint density at radius 1 is 1.04 bits per heavy atom. The lowest BCUT2D eigenvalue weighted by Crippen LogP contribution is -2.36. The van der Waals surface area contributed by atoms with E-state index in [0.717, 1.165) is 24.1 Å². The van der Waals surface area contributed by atoms with Crippen LogP contribution in [0.3, 0.4) is 0 Å². The number of halogens is 1. The SMILES string of the molecule is CCS(=O)(=O)c1ccc(-c2ccc(CCN3CCCC3(C)I)cc2)cc1. The van der Waals surface area contributed by atoms with Crippen LogP contribution in [0.4, 0.5) is 0 Å². The van der Waals surface area contributed by atoms with Crippen molar-refractivity contribution >= 4 is 32.4 Å². The predicted octanol–water partition coefficient (Wildman–Crippen LogP) is 4.94. The number of sulfone groups is 1. The van der Waals surface area contributed by atoms with E-state index < -0.39 is 9.84 Å². The van der Waals surface area contributed by atoms with Gasteiger partial charge in [0.05, 0.1) is 14.2 Å². The van der Waals surface area contributed by atoms with Gasteiger partial charge in [-0.15, -0.1) is 0 Å². The van der Waals surface area contributed by atoms with Crippen LogP contribution in [0.5, 0.6) is 0 Å². The second-order valence-corrected chi connectivity index (χ2v) is 11.7. The Kier molecular flexibility index (Phi) is 6.09. The fraction of sp³-hybridized carbons (Fsp3) is 0.429. The number of nitrogens with zero attached hydrogens (tertiary/aromatic N) is 1. The zero-order valence-corrected chi connectivity index (χ0v) is 18.4.